The summed E-state index contributed by atoms with van der Waals surface area (Å²) in [6, 6.07) is 0. The van der Waals surface area contributed by atoms with E-state index in [1.807, 2.05) is 26.0 Å². The van der Waals surface area contributed by atoms with Crippen LogP contribution >= 0.6 is 23.2 Å². The number of nitrogens with zero attached hydrogens (tertiary/aromatic N) is 1. The monoisotopic (exact) mass is 187 g/mol. The van der Waals surface area contributed by atoms with Gasteiger partial charge in [-0.2, -0.15) is 0 Å². The average molecular weight is 188 g/mol. The van der Waals surface area contributed by atoms with Crippen LogP contribution in [0.25, 0.3) is 0 Å². The third-order valence-corrected chi connectivity index (χ3v) is 0.560. The largest absolute Gasteiger partial charge is 0.479 e. The Bertz CT molecular complexity index is 92.9. The molecule has 62 valence electrons. The van der Waals surface area contributed by atoms with Gasteiger partial charge in [-0.05, 0) is 21.1 Å². The van der Waals surface area contributed by atoms with E-state index in [9.17, 15) is 4.79 Å². The van der Waals surface area contributed by atoms with Gasteiger partial charge < -0.3 is 10.0 Å². The quantitative estimate of drug-likeness (QED) is 0.625. The zero-order valence-electron chi connectivity index (χ0n) is 6.14. The fraction of sp³-hybridized carbons (Fsp3) is 0.800. The molecule has 0 saturated heterocycles. The van der Waals surface area contributed by atoms with Gasteiger partial charge in [0.1, 0.15) is 0 Å². The Morgan fingerprint density at radius 3 is 1.50 bits per heavy atom. The summed E-state index contributed by atoms with van der Waals surface area (Å²) in [6.45, 7) is 0. The van der Waals surface area contributed by atoms with Gasteiger partial charge in [-0.25, -0.2) is 4.79 Å². The van der Waals surface area contributed by atoms with Crippen molar-refractivity contribution < 1.29 is 9.90 Å². The molecule has 0 fully saturated rings. The third-order valence-electron chi connectivity index (χ3n) is 0.187. The van der Waals surface area contributed by atoms with Crippen molar-refractivity contribution in [2.24, 2.45) is 0 Å². The smallest absolute Gasteiger partial charge is 0.337 e. The van der Waals surface area contributed by atoms with Gasteiger partial charge in [0.25, 0.3) is 0 Å². The normalized spacial score (nSPS) is 9.10. The van der Waals surface area contributed by atoms with Gasteiger partial charge in [-0.3, -0.25) is 0 Å². The number of carboxylic acid groups (broad SMARTS) is 1. The minimum absolute atomic E-state index is 1.21. The zero-order valence-corrected chi connectivity index (χ0v) is 7.65. The Hall–Kier alpha value is 0.01000. The van der Waals surface area contributed by atoms with Crippen LogP contribution in [0.1, 0.15) is 0 Å². The first-order chi connectivity index (χ1) is 4.37. The molecule has 0 radical (unpaired) electrons. The molecule has 5 heteroatoms. The fourth-order valence-corrected chi connectivity index (χ4v) is 0. The lowest BCUT2D eigenvalue weighted by atomic mass is 10.8. The van der Waals surface area contributed by atoms with E-state index in [4.69, 9.17) is 28.3 Å². The Labute approximate surface area is 70.5 Å². The molecule has 1 N–H and O–H groups in total. The van der Waals surface area contributed by atoms with E-state index in [1.54, 1.807) is 0 Å². The molecule has 0 amide bonds. The minimum atomic E-state index is -1.29. The molecule has 0 unspecified atom stereocenters. The summed E-state index contributed by atoms with van der Waals surface area (Å²) in [7, 11) is 6.00. The van der Waals surface area contributed by atoms with Crippen molar-refractivity contribution in [3.05, 3.63) is 0 Å². The molecule has 0 atom stereocenters. The van der Waals surface area contributed by atoms with E-state index in [0.29, 0.717) is 0 Å². The number of carbonyl (C=O) groups is 1. The summed E-state index contributed by atoms with van der Waals surface area (Å²) in [4.78, 5) is 10.1. The summed E-state index contributed by atoms with van der Waals surface area (Å²) in [5, 5.41) is 7.73. The Balaban J connectivity index is 0. The SMILES string of the molecule is CN(C)C.O=C(O)C(Cl)Cl. The van der Waals surface area contributed by atoms with Gasteiger partial charge in [-0.15, -0.1) is 0 Å². The van der Waals surface area contributed by atoms with Crippen LogP contribution in [-0.4, -0.2) is 42.0 Å². The number of halogens is 2. The third kappa shape index (κ3) is 24.5. The lowest BCUT2D eigenvalue weighted by molar-refractivity contribution is -0.135. The van der Waals surface area contributed by atoms with Crippen molar-refractivity contribution in [3.63, 3.8) is 0 Å². The highest BCUT2D eigenvalue weighted by molar-refractivity contribution is 6.52. The second-order valence-electron chi connectivity index (χ2n) is 1.98. The van der Waals surface area contributed by atoms with Crippen molar-refractivity contribution >= 4 is 29.2 Å². The lowest BCUT2D eigenvalue weighted by Crippen LogP contribution is -2.03. The van der Waals surface area contributed by atoms with Crippen LogP contribution in [0, 0.1) is 0 Å². The predicted octanol–water partition coefficient (Wildman–Crippen LogP) is 1.05. The first kappa shape index (κ1) is 12.7. The van der Waals surface area contributed by atoms with E-state index in [2.05, 4.69) is 0 Å². The molecule has 0 aliphatic rings. The first-order valence-electron chi connectivity index (χ1n) is 2.49. The minimum Gasteiger partial charge on any atom is -0.479 e. The summed E-state index contributed by atoms with van der Waals surface area (Å²) in [5.74, 6) is -1.21. The maximum atomic E-state index is 9.44. The molecular formula is C5H11Cl2NO2. The molecule has 0 heterocycles. The van der Waals surface area contributed by atoms with Gasteiger partial charge in [0.15, 0.2) is 0 Å². The van der Waals surface area contributed by atoms with Crippen LogP contribution in [0.5, 0.6) is 0 Å². The van der Waals surface area contributed by atoms with Crippen molar-refractivity contribution in [3.8, 4) is 0 Å². The number of hydrogen-bond acceptors (Lipinski definition) is 2. The van der Waals surface area contributed by atoms with Crippen LogP contribution in [0.3, 0.4) is 0 Å². The van der Waals surface area contributed by atoms with E-state index in [-0.39, 0.29) is 0 Å². The van der Waals surface area contributed by atoms with Crippen LogP contribution < -0.4 is 0 Å². The topological polar surface area (TPSA) is 40.5 Å². The van der Waals surface area contributed by atoms with Gasteiger partial charge in [-0.1, -0.05) is 23.2 Å². The van der Waals surface area contributed by atoms with Crippen molar-refractivity contribution in [1.29, 1.82) is 0 Å². The van der Waals surface area contributed by atoms with Crippen molar-refractivity contribution in [2.75, 3.05) is 21.1 Å². The van der Waals surface area contributed by atoms with Crippen molar-refractivity contribution in [2.45, 2.75) is 4.84 Å². The van der Waals surface area contributed by atoms with Gasteiger partial charge >= 0.3 is 5.97 Å². The molecule has 0 rings (SSSR count). The highest BCUT2D eigenvalue weighted by Gasteiger charge is 2.05. The summed E-state index contributed by atoms with van der Waals surface area (Å²) >= 11 is 9.56. The molecule has 0 aliphatic heterocycles. The standard InChI is InChI=1S/C3H9N.C2H2Cl2O2/c1-4(2)3;3-1(4)2(5)6/h1-3H3;1H,(H,5,6). The molecule has 0 saturated carbocycles. The van der Waals surface area contributed by atoms with E-state index in [1.165, 1.54) is 0 Å². The number of aliphatic carboxylic acids is 1. The molecule has 0 aromatic carbocycles. The van der Waals surface area contributed by atoms with Crippen molar-refractivity contribution in [1.82, 2.24) is 4.90 Å². The summed E-state index contributed by atoms with van der Waals surface area (Å²) < 4.78 is 0. The molecule has 0 spiro atoms. The number of hydrogen-bond donors (Lipinski definition) is 1. The van der Waals surface area contributed by atoms with Crippen LogP contribution in [0.15, 0.2) is 0 Å². The summed E-state index contributed by atoms with van der Waals surface area (Å²) in [5.41, 5.74) is 0. The zero-order chi connectivity index (χ0) is 8.73. The maximum Gasteiger partial charge on any atom is 0.337 e. The predicted molar refractivity (Wildman–Crippen MR) is 42.7 cm³/mol. The number of alkyl halides is 2. The van der Waals surface area contributed by atoms with Crippen LogP contribution in [0.4, 0.5) is 0 Å². The molecule has 0 aromatic heterocycles. The molecule has 0 aromatic rings. The molecule has 10 heavy (non-hydrogen) atoms. The second kappa shape index (κ2) is 7.12. The van der Waals surface area contributed by atoms with E-state index in [0.717, 1.165) is 0 Å². The lowest BCUT2D eigenvalue weighted by Gasteiger charge is -1.90. The summed E-state index contributed by atoms with van der Waals surface area (Å²) in [6.07, 6.45) is 0. The fourth-order valence-electron chi connectivity index (χ4n) is 0. The van der Waals surface area contributed by atoms with E-state index >= 15 is 0 Å². The average Bonchev–Trinajstić information content (AvgIpc) is 1.63. The molecule has 3 nitrogen and oxygen atoms in total. The highest BCUT2D eigenvalue weighted by Crippen LogP contribution is 1.98. The first-order valence-corrected chi connectivity index (χ1v) is 3.37. The second-order valence-corrected chi connectivity index (χ2v) is 3.08. The molecule has 0 aliphatic carbocycles. The van der Waals surface area contributed by atoms with Gasteiger partial charge in [0.2, 0.25) is 4.84 Å². The number of carboxylic acids is 1. The number of rotatable bonds is 1. The Kier molecular flexibility index (Phi) is 9.02. The van der Waals surface area contributed by atoms with Crippen LogP contribution in [-0.2, 0) is 4.79 Å². The Morgan fingerprint density at radius 2 is 1.50 bits per heavy atom. The molecular weight excluding hydrogens is 177 g/mol. The highest BCUT2D eigenvalue weighted by atomic mass is 35.5. The van der Waals surface area contributed by atoms with Gasteiger partial charge in [0, 0.05) is 0 Å². The Morgan fingerprint density at radius 1 is 1.40 bits per heavy atom. The maximum absolute atomic E-state index is 9.44. The van der Waals surface area contributed by atoms with Crippen LogP contribution in [0.2, 0.25) is 0 Å². The molecule has 0 bridgehead atoms. The van der Waals surface area contributed by atoms with Gasteiger partial charge in [0.05, 0.1) is 0 Å². The van der Waals surface area contributed by atoms with E-state index < -0.39 is 10.8 Å².